The lowest BCUT2D eigenvalue weighted by atomic mass is 10.2. The minimum atomic E-state index is -0.395. The third-order valence-corrected chi connectivity index (χ3v) is 8.36. The van der Waals surface area contributed by atoms with E-state index in [-0.39, 0.29) is 24.1 Å². The molecule has 0 radical (unpaired) electrons. The molecule has 2 unspecified atom stereocenters. The van der Waals surface area contributed by atoms with Crippen molar-refractivity contribution < 1.29 is 23.8 Å². The van der Waals surface area contributed by atoms with E-state index in [9.17, 15) is 9.59 Å². The second kappa shape index (κ2) is 13.8. The molecule has 238 valence electrons. The highest BCUT2D eigenvalue weighted by molar-refractivity contribution is 6.00. The van der Waals surface area contributed by atoms with Gasteiger partial charge in [0.25, 0.3) is 5.91 Å². The number of aromatic nitrogens is 3. The number of likely N-dealkylation sites (N-methyl/N-ethyl adjacent to an activating group) is 1. The molecule has 0 bridgehead atoms. The zero-order valence-corrected chi connectivity index (χ0v) is 25.9. The van der Waals surface area contributed by atoms with E-state index in [0.29, 0.717) is 67.7 Å². The number of hydrogen-bond acceptors (Lipinski definition) is 10. The van der Waals surface area contributed by atoms with E-state index < -0.39 is 6.03 Å². The van der Waals surface area contributed by atoms with Crippen LogP contribution >= 0.6 is 0 Å². The van der Waals surface area contributed by atoms with E-state index in [4.69, 9.17) is 19.2 Å². The average Bonchev–Trinajstić information content (AvgIpc) is 3.75. The SMILES string of the molecule is C[C@H]1COCCN1c1nc(OC2CCOC2)nc(-c2ccc(NC(=O)Nc3ccc(C(=O)N4CCC(N(C)C)C4)cc3)cc2)n1. The number of carbonyl (C=O) groups is 2. The van der Waals surface area contributed by atoms with E-state index in [1.807, 2.05) is 31.1 Å². The number of morpholine rings is 1. The highest BCUT2D eigenvalue weighted by Gasteiger charge is 2.28. The molecule has 13 heteroatoms. The van der Waals surface area contributed by atoms with Crippen LogP contribution in [0, 0.1) is 0 Å². The highest BCUT2D eigenvalue weighted by atomic mass is 16.6. The number of benzene rings is 2. The molecule has 3 atom stereocenters. The van der Waals surface area contributed by atoms with Gasteiger partial charge in [-0.15, -0.1) is 0 Å². The van der Waals surface area contributed by atoms with Crippen molar-refractivity contribution >= 4 is 29.3 Å². The highest BCUT2D eigenvalue weighted by Crippen LogP contribution is 2.26. The minimum absolute atomic E-state index is 0.00596. The van der Waals surface area contributed by atoms with Crippen molar-refractivity contribution in [2.24, 2.45) is 0 Å². The molecule has 3 aromatic rings. The summed E-state index contributed by atoms with van der Waals surface area (Å²) >= 11 is 0. The maximum Gasteiger partial charge on any atom is 0.323 e. The summed E-state index contributed by atoms with van der Waals surface area (Å²) in [5.41, 5.74) is 2.55. The lowest BCUT2D eigenvalue weighted by Gasteiger charge is -2.33. The van der Waals surface area contributed by atoms with E-state index in [2.05, 4.69) is 37.3 Å². The number of nitrogens with one attached hydrogen (secondary N) is 2. The molecule has 6 rings (SSSR count). The first kappa shape index (κ1) is 30.7. The Balaban J connectivity index is 1.09. The Morgan fingerprint density at radius 1 is 0.889 bits per heavy atom. The summed E-state index contributed by atoms with van der Waals surface area (Å²) < 4.78 is 17.1. The van der Waals surface area contributed by atoms with Crippen LogP contribution in [0.15, 0.2) is 48.5 Å². The first-order chi connectivity index (χ1) is 21.8. The van der Waals surface area contributed by atoms with Crippen LogP contribution in [0.1, 0.15) is 30.1 Å². The van der Waals surface area contributed by atoms with Gasteiger partial charge in [-0.05, 0) is 76.0 Å². The Morgan fingerprint density at radius 2 is 1.60 bits per heavy atom. The molecule has 13 nitrogen and oxygen atoms in total. The third-order valence-electron chi connectivity index (χ3n) is 8.36. The average molecular weight is 617 g/mol. The molecular weight excluding hydrogens is 576 g/mol. The van der Waals surface area contributed by atoms with Crippen LogP contribution < -0.4 is 20.3 Å². The van der Waals surface area contributed by atoms with Crippen molar-refractivity contribution in [1.29, 1.82) is 0 Å². The predicted octanol–water partition coefficient (Wildman–Crippen LogP) is 3.35. The van der Waals surface area contributed by atoms with Gasteiger partial charge in [-0.2, -0.15) is 15.0 Å². The number of amides is 3. The molecule has 3 saturated heterocycles. The van der Waals surface area contributed by atoms with Gasteiger partial charge in [0.2, 0.25) is 5.95 Å². The number of ether oxygens (including phenoxy) is 3. The molecule has 2 aromatic carbocycles. The Hall–Kier alpha value is -4.33. The first-order valence-corrected chi connectivity index (χ1v) is 15.4. The van der Waals surface area contributed by atoms with Crippen LogP contribution in [-0.4, -0.2) is 115 Å². The summed E-state index contributed by atoms with van der Waals surface area (Å²) in [5, 5.41) is 5.68. The lowest BCUT2D eigenvalue weighted by molar-refractivity contribution is 0.0783. The summed E-state index contributed by atoms with van der Waals surface area (Å²) in [6.07, 6.45) is 1.65. The third kappa shape index (κ3) is 7.49. The van der Waals surface area contributed by atoms with Gasteiger partial charge in [-0.25, -0.2) is 4.79 Å². The molecule has 3 aliphatic rings. The molecular formula is C32H40N8O5. The van der Waals surface area contributed by atoms with Gasteiger partial charge in [0.05, 0.1) is 32.5 Å². The van der Waals surface area contributed by atoms with Gasteiger partial charge >= 0.3 is 12.0 Å². The lowest BCUT2D eigenvalue weighted by Crippen LogP contribution is -2.44. The van der Waals surface area contributed by atoms with Gasteiger partial charge in [-0.3, -0.25) is 4.79 Å². The standard InChI is InChI=1S/C32H40N8O5/c1-21-19-44-17-15-40(21)30-35-28(36-32(37-30)45-27-13-16-43-20-27)22-4-8-24(9-5-22)33-31(42)34-25-10-6-23(7-11-25)29(41)39-14-12-26(18-39)38(2)3/h4-11,21,26-27H,12-20H2,1-3H3,(H2,33,34,42)/t21-,26?,27?/m0/s1. The molecule has 3 fully saturated rings. The monoisotopic (exact) mass is 616 g/mol. The van der Waals surface area contributed by atoms with E-state index >= 15 is 0 Å². The molecule has 0 spiro atoms. The van der Waals surface area contributed by atoms with Gasteiger partial charge in [0, 0.05) is 54.6 Å². The number of rotatable bonds is 8. The quantitative estimate of drug-likeness (QED) is 0.388. The molecule has 2 N–H and O–H groups in total. The van der Waals surface area contributed by atoms with Crippen LogP contribution in [0.4, 0.5) is 22.1 Å². The Morgan fingerprint density at radius 3 is 2.24 bits per heavy atom. The molecule has 1 aromatic heterocycles. The largest absolute Gasteiger partial charge is 0.457 e. The number of anilines is 3. The Bertz CT molecular complexity index is 1480. The van der Waals surface area contributed by atoms with Crippen molar-refractivity contribution in [2.45, 2.75) is 38.0 Å². The van der Waals surface area contributed by atoms with Gasteiger partial charge in [-0.1, -0.05) is 0 Å². The van der Waals surface area contributed by atoms with Crippen LogP contribution in [0.25, 0.3) is 11.4 Å². The predicted molar refractivity (Wildman–Crippen MR) is 170 cm³/mol. The molecule has 3 aliphatic heterocycles. The molecule has 0 aliphatic carbocycles. The van der Waals surface area contributed by atoms with Crippen LogP contribution in [0.2, 0.25) is 0 Å². The molecule has 4 heterocycles. The fourth-order valence-electron chi connectivity index (χ4n) is 5.66. The second-order valence-corrected chi connectivity index (χ2v) is 11.9. The van der Waals surface area contributed by atoms with Crippen molar-refractivity contribution in [3.63, 3.8) is 0 Å². The van der Waals surface area contributed by atoms with Crippen LogP contribution in [0.3, 0.4) is 0 Å². The normalized spacial score (nSPS) is 21.6. The van der Waals surface area contributed by atoms with Gasteiger partial charge < -0.3 is 39.5 Å². The molecule has 3 amide bonds. The topological polar surface area (TPSA) is 134 Å². The summed E-state index contributed by atoms with van der Waals surface area (Å²) in [7, 11) is 4.07. The van der Waals surface area contributed by atoms with E-state index in [1.165, 1.54) is 0 Å². The van der Waals surface area contributed by atoms with Crippen LogP contribution in [-0.2, 0) is 9.47 Å². The summed E-state index contributed by atoms with van der Waals surface area (Å²) in [6, 6.07) is 14.6. The fourth-order valence-corrected chi connectivity index (χ4v) is 5.66. The fraction of sp³-hybridized carbons (Fsp3) is 0.469. The smallest absolute Gasteiger partial charge is 0.323 e. The van der Waals surface area contributed by atoms with Crippen molar-refractivity contribution in [3.8, 4) is 17.4 Å². The van der Waals surface area contributed by atoms with Crippen molar-refractivity contribution in [2.75, 3.05) is 75.7 Å². The molecule has 45 heavy (non-hydrogen) atoms. The number of nitrogens with zero attached hydrogens (tertiary/aromatic N) is 6. The summed E-state index contributed by atoms with van der Waals surface area (Å²) in [5.74, 6) is 1.02. The molecule has 0 saturated carbocycles. The van der Waals surface area contributed by atoms with Gasteiger partial charge in [0.15, 0.2) is 5.82 Å². The van der Waals surface area contributed by atoms with E-state index in [0.717, 1.165) is 31.5 Å². The number of urea groups is 1. The maximum absolute atomic E-state index is 12.9. The second-order valence-electron chi connectivity index (χ2n) is 11.9. The van der Waals surface area contributed by atoms with Crippen molar-refractivity contribution in [3.05, 3.63) is 54.1 Å². The Kier molecular flexibility index (Phi) is 9.38. The number of hydrogen-bond donors (Lipinski definition) is 2. The first-order valence-electron chi connectivity index (χ1n) is 15.4. The maximum atomic E-state index is 12.9. The summed E-state index contributed by atoms with van der Waals surface area (Å²) in [6.45, 7) is 6.55. The minimum Gasteiger partial charge on any atom is -0.457 e. The van der Waals surface area contributed by atoms with E-state index in [1.54, 1.807) is 36.4 Å². The Labute approximate surface area is 262 Å². The number of carbonyl (C=O) groups excluding carboxylic acids is 2. The zero-order chi connectivity index (χ0) is 31.3. The van der Waals surface area contributed by atoms with Crippen LogP contribution in [0.5, 0.6) is 6.01 Å². The zero-order valence-electron chi connectivity index (χ0n) is 25.9. The number of likely N-dealkylation sites (tertiary alicyclic amines) is 1. The summed E-state index contributed by atoms with van der Waals surface area (Å²) in [4.78, 5) is 45.8. The van der Waals surface area contributed by atoms with Crippen molar-refractivity contribution in [1.82, 2.24) is 24.8 Å². The van der Waals surface area contributed by atoms with Gasteiger partial charge in [0.1, 0.15) is 6.10 Å².